The van der Waals surface area contributed by atoms with Gasteiger partial charge in [-0.2, -0.15) is 5.26 Å². The third-order valence-corrected chi connectivity index (χ3v) is 6.10. The number of hydrogen-bond donors (Lipinski definition) is 2. The average Bonchev–Trinajstić information content (AvgIpc) is 3.21. The molecule has 2 aliphatic rings. The van der Waals surface area contributed by atoms with Crippen LogP contribution in [0.4, 0.5) is 9.18 Å². The fourth-order valence-corrected chi connectivity index (χ4v) is 4.69. The first kappa shape index (κ1) is 19.4. The fraction of sp³-hybridized carbons (Fsp3) is 0.391. The van der Waals surface area contributed by atoms with Crippen molar-refractivity contribution < 1.29 is 14.3 Å². The summed E-state index contributed by atoms with van der Waals surface area (Å²) in [6.45, 7) is -0.238. The second-order valence-corrected chi connectivity index (χ2v) is 7.79. The molecule has 0 radical (unpaired) electrons. The van der Waals surface area contributed by atoms with Gasteiger partial charge in [0.2, 0.25) is 0 Å². The van der Waals surface area contributed by atoms with Gasteiger partial charge < -0.3 is 15.3 Å². The lowest BCUT2D eigenvalue weighted by molar-refractivity contribution is 0.0160. The van der Waals surface area contributed by atoms with Crippen LogP contribution in [0, 0.1) is 17.1 Å². The number of benzene rings is 2. The molecule has 0 spiro atoms. The normalized spacial score (nSPS) is 24.0. The summed E-state index contributed by atoms with van der Waals surface area (Å²) >= 11 is 0. The van der Waals surface area contributed by atoms with Crippen molar-refractivity contribution in [2.45, 2.75) is 49.7 Å². The minimum absolute atomic E-state index is 0.139. The molecule has 2 amide bonds. The van der Waals surface area contributed by atoms with Crippen LogP contribution in [0.2, 0.25) is 0 Å². The van der Waals surface area contributed by atoms with E-state index >= 15 is 0 Å². The molecule has 150 valence electrons. The largest absolute Gasteiger partial charge is 0.394 e. The molecule has 1 aliphatic carbocycles. The van der Waals surface area contributed by atoms with Crippen molar-refractivity contribution in [1.82, 2.24) is 10.2 Å². The highest BCUT2D eigenvalue weighted by Gasteiger charge is 2.52. The summed E-state index contributed by atoms with van der Waals surface area (Å²) < 4.78 is 13.8. The molecule has 0 bridgehead atoms. The zero-order valence-electron chi connectivity index (χ0n) is 16.1. The van der Waals surface area contributed by atoms with Crippen molar-refractivity contribution in [2.24, 2.45) is 0 Å². The number of likely N-dealkylation sites (tertiary alicyclic amines) is 1. The van der Waals surface area contributed by atoms with Crippen LogP contribution in [0.3, 0.4) is 0 Å². The first-order chi connectivity index (χ1) is 14.1. The molecule has 3 atom stereocenters. The summed E-state index contributed by atoms with van der Waals surface area (Å²) in [5.41, 5.74) is 2.36. The summed E-state index contributed by atoms with van der Waals surface area (Å²) in [5, 5.41) is 22.8. The lowest BCUT2D eigenvalue weighted by atomic mass is 9.73. The molecule has 1 saturated heterocycles. The van der Waals surface area contributed by atoms with Crippen molar-refractivity contribution in [3.05, 3.63) is 59.9 Å². The first-order valence-electron chi connectivity index (χ1n) is 10.1. The van der Waals surface area contributed by atoms with Gasteiger partial charge in [0.05, 0.1) is 18.7 Å². The van der Waals surface area contributed by atoms with Gasteiger partial charge in [0.25, 0.3) is 0 Å². The molecule has 2 N–H and O–H groups in total. The summed E-state index contributed by atoms with van der Waals surface area (Å²) in [6.07, 6.45) is 4.10. The van der Waals surface area contributed by atoms with Crippen LogP contribution < -0.4 is 5.32 Å². The molecule has 4 rings (SSSR count). The Kier molecular flexibility index (Phi) is 5.50. The van der Waals surface area contributed by atoms with E-state index in [0.29, 0.717) is 5.56 Å². The highest BCUT2D eigenvalue weighted by atomic mass is 19.1. The minimum atomic E-state index is -0.678. The molecule has 0 unspecified atom stereocenters. The predicted octanol–water partition coefficient (Wildman–Crippen LogP) is 3.80. The van der Waals surface area contributed by atoms with E-state index in [0.717, 1.165) is 36.8 Å². The van der Waals surface area contributed by atoms with E-state index in [2.05, 4.69) is 11.4 Å². The van der Waals surface area contributed by atoms with Gasteiger partial charge >= 0.3 is 6.03 Å². The molecule has 1 heterocycles. The Hall–Kier alpha value is -2.91. The van der Waals surface area contributed by atoms with E-state index in [-0.39, 0.29) is 30.4 Å². The van der Waals surface area contributed by atoms with Gasteiger partial charge in [-0.25, -0.2) is 9.18 Å². The van der Waals surface area contributed by atoms with Gasteiger partial charge in [-0.1, -0.05) is 49.2 Å². The number of nitrogens with zero attached hydrogens (tertiary/aromatic N) is 2. The monoisotopic (exact) mass is 393 g/mol. The smallest absolute Gasteiger partial charge is 0.319 e. The van der Waals surface area contributed by atoms with E-state index in [9.17, 15) is 19.6 Å². The lowest BCUT2D eigenvalue weighted by Crippen LogP contribution is -2.67. The summed E-state index contributed by atoms with van der Waals surface area (Å²) in [4.78, 5) is 14.3. The molecule has 6 heteroatoms. The number of amides is 2. The number of urea groups is 1. The summed E-state index contributed by atoms with van der Waals surface area (Å²) in [5.74, 6) is -0.669. The third-order valence-electron chi connectivity index (χ3n) is 6.10. The zero-order chi connectivity index (χ0) is 20.4. The zero-order valence-corrected chi connectivity index (χ0v) is 16.1. The Morgan fingerprint density at radius 1 is 1.21 bits per heavy atom. The molecule has 1 aliphatic heterocycles. The van der Waals surface area contributed by atoms with Crippen molar-refractivity contribution in [3.63, 3.8) is 0 Å². The number of halogens is 1. The maximum atomic E-state index is 13.8. The Bertz CT molecular complexity index is 936. The van der Waals surface area contributed by atoms with Gasteiger partial charge in [0.15, 0.2) is 0 Å². The number of nitriles is 1. The van der Waals surface area contributed by atoms with Crippen LogP contribution in [-0.2, 0) is 0 Å². The van der Waals surface area contributed by atoms with Gasteiger partial charge in [0.1, 0.15) is 11.9 Å². The second kappa shape index (κ2) is 8.22. The Morgan fingerprint density at radius 2 is 1.97 bits per heavy atom. The SMILES string of the molecule is N#C[C@@H]1[C@H](c2ccccc2-c2cccc(F)c2)[C@H](CO)N1C(=O)NC1CCCC1. The molecule has 2 aromatic rings. The first-order valence-corrected chi connectivity index (χ1v) is 10.1. The molecule has 2 fully saturated rings. The van der Waals surface area contributed by atoms with Crippen LogP contribution in [0.5, 0.6) is 0 Å². The Labute approximate surface area is 169 Å². The van der Waals surface area contributed by atoms with Crippen LogP contribution in [-0.4, -0.2) is 40.8 Å². The van der Waals surface area contributed by atoms with Gasteiger partial charge in [-0.15, -0.1) is 0 Å². The van der Waals surface area contributed by atoms with Gasteiger partial charge in [0, 0.05) is 12.0 Å². The standard InChI is InChI=1S/C23H24FN3O2/c24-16-7-5-6-15(12-16)18-10-3-4-11-19(18)22-20(13-25)27(21(22)14-28)23(29)26-17-8-1-2-9-17/h3-7,10-12,17,20-22,28H,1-2,8-9,14H2,(H,26,29)/t20-,21+,22+/m1/s1. The quantitative estimate of drug-likeness (QED) is 0.830. The van der Waals surface area contributed by atoms with E-state index in [1.54, 1.807) is 6.07 Å². The topological polar surface area (TPSA) is 76.4 Å². The lowest BCUT2D eigenvalue weighted by Gasteiger charge is -2.52. The highest BCUT2D eigenvalue weighted by molar-refractivity contribution is 5.79. The predicted molar refractivity (Wildman–Crippen MR) is 107 cm³/mol. The molecule has 0 aromatic heterocycles. The number of carbonyl (C=O) groups excluding carboxylic acids is 1. The number of carbonyl (C=O) groups is 1. The maximum Gasteiger partial charge on any atom is 0.319 e. The molecular weight excluding hydrogens is 369 g/mol. The fourth-order valence-electron chi connectivity index (χ4n) is 4.69. The molecule has 5 nitrogen and oxygen atoms in total. The van der Waals surface area contributed by atoms with Crippen LogP contribution in [0.1, 0.15) is 37.2 Å². The van der Waals surface area contributed by atoms with E-state index < -0.39 is 12.1 Å². The number of hydrogen-bond acceptors (Lipinski definition) is 3. The number of aliphatic hydroxyl groups excluding tert-OH is 1. The second-order valence-electron chi connectivity index (χ2n) is 7.79. The summed E-state index contributed by atoms with van der Waals surface area (Å²) in [6, 6.07) is 14.7. The number of nitrogens with one attached hydrogen (secondary N) is 1. The van der Waals surface area contributed by atoms with Crippen molar-refractivity contribution in [1.29, 1.82) is 5.26 Å². The minimum Gasteiger partial charge on any atom is -0.394 e. The van der Waals surface area contributed by atoms with Crippen LogP contribution in [0.25, 0.3) is 11.1 Å². The third kappa shape index (κ3) is 3.58. The molecular formula is C23H24FN3O2. The number of rotatable bonds is 4. The van der Waals surface area contributed by atoms with E-state index in [4.69, 9.17) is 0 Å². The van der Waals surface area contributed by atoms with E-state index in [1.807, 2.05) is 30.3 Å². The molecule has 2 aromatic carbocycles. The molecule has 29 heavy (non-hydrogen) atoms. The summed E-state index contributed by atoms with van der Waals surface area (Å²) in [7, 11) is 0. The van der Waals surface area contributed by atoms with Gasteiger partial charge in [-0.3, -0.25) is 0 Å². The van der Waals surface area contributed by atoms with Crippen molar-refractivity contribution >= 4 is 6.03 Å². The Balaban J connectivity index is 1.64. The van der Waals surface area contributed by atoms with Crippen molar-refractivity contribution in [2.75, 3.05) is 6.61 Å². The maximum absolute atomic E-state index is 13.8. The highest BCUT2D eigenvalue weighted by Crippen LogP contribution is 2.44. The van der Waals surface area contributed by atoms with Crippen molar-refractivity contribution in [3.8, 4) is 17.2 Å². The van der Waals surface area contributed by atoms with Gasteiger partial charge in [-0.05, 0) is 41.7 Å². The molecule has 1 saturated carbocycles. The van der Waals surface area contributed by atoms with Crippen LogP contribution >= 0.6 is 0 Å². The average molecular weight is 393 g/mol. The number of aliphatic hydroxyl groups is 1. The van der Waals surface area contributed by atoms with E-state index in [1.165, 1.54) is 17.0 Å². The Morgan fingerprint density at radius 3 is 2.66 bits per heavy atom. The van der Waals surface area contributed by atoms with Crippen LogP contribution in [0.15, 0.2) is 48.5 Å².